The van der Waals surface area contributed by atoms with Crippen LogP contribution in [0.15, 0.2) is 58.4 Å². The van der Waals surface area contributed by atoms with Gasteiger partial charge in [-0.2, -0.15) is 0 Å². The van der Waals surface area contributed by atoms with Gasteiger partial charge in [-0.1, -0.05) is 19.1 Å². The third kappa shape index (κ3) is 4.71. The Hall–Kier alpha value is -4.27. The molecular weight excluding hydrogens is 482 g/mol. The lowest BCUT2D eigenvalue weighted by atomic mass is 10.0. The van der Waals surface area contributed by atoms with Crippen molar-refractivity contribution in [3.05, 3.63) is 80.5 Å². The van der Waals surface area contributed by atoms with E-state index in [1.807, 2.05) is 49.1 Å². The van der Waals surface area contributed by atoms with E-state index in [2.05, 4.69) is 28.6 Å². The van der Waals surface area contributed by atoms with E-state index in [9.17, 15) is 19.5 Å². The summed E-state index contributed by atoms with van der Waals surface area (Å²) in [5, 5.41) is 18.1. The van der Waals surface area contributed by atoms with Gasteiger partial charge in [0.05, 0.1) is 0 Å². The maximum absolute atomic E-state index is 12.4. The first-order valence-corrected chi connectivity index (χ1v) is 13.0. The number of fused-ring (bicyclic) bond motifs is 1. The van der Waals surface area contributed by atoms with Gasteiger partial charge in [0.15, 0.2) is 0 Å². The number of nitrogens with zero attached hydrogens (tertiary/aromatic N) is 3. The molecule has 3 atom stereocenters. The van der Waals surface area contributed by atoms with Crippen LogP contribution in [-0.4, -0.2) is 39.2 Å². The van der Waals surface area contributed by atoms with Gasteiger partial charge >= 0.3 is 5.97 Å². The fourth-order valence-corrected chi connectivity index (χ4v) is 5.29. The van der Waals surface area contributed by atoms with E-state index in [4.69, 9.17) is 4.98 Å². The van der Waals surface area contributed by atoms with E-state index >= 15 is 0 Å². The average Bonchev–Trinajstić information content (AvgIpc) is 3.25. The average molecular weight is 514 g/mol. The quantitative estimate of drug-likeness (QED) is 0.285. The van der Waals surface area contributed by atoms with Gasteiger partial charge in [-0.15, -0.1) is 0 Å². The predicted molar refractivity (Wildman–Crippen MR) is 149 cm³/mol. The Labute approximate surface area is 220 Å². The number of aliphatic carboxylic acids is 1. The van der Waals surface area contributed by atoms with Crippen molar-refractivity contribution in [1.82, 2.24) is 9.97 Å². The summed E-state index contributed by atoms with van der Waals surface area (Å²) in [6.45, 7) is 6.09. The normalized spacial score (nSPS) is 18.1. The Morgan fingerprint density at radius 2 is 1.82 bits per heavy atom. The Balaban J connectivity index is 1.33. The highest BCUT2D eigenvalue weighted by Gasteiger charge is 2.36. The molecule has 3 heterocycles. The molecule has 0 bridgehead atoms. The first-order chi connectivity index (χ1) is 18.3. The van der Waals surface area contributed by atoms with Gasteiger partial charge in [-0.05, 0) is 68.3 Å². The fraction of sp³-hybridized carbons (Fsp3) is 0.345. The molecule has 0 unspecified atom stereocenters. The standard InChI is InChI=1S/C29H31N5O4/c1-4-20-14-19-11-12-30-15-22(19)28(31-20)32-21-9-7-18(8-10-21)13-23(29(37)38)33-24-25(27(36)26(24)35)34-16(2)5-6-17(34)3/h7-12,14-17,23,33H,4-6,13H2,1-3H3,(H,31,32)(H,37,38)/t16-,17+,23-/m0/s1. The van der Waals surface area contributed by atoms with Gasteiger partial charge < -0.3 is 20.6 Å². The van der Waals surface area contributed by atoms with Crippen LogP contribution >= 0.6 is 0 Å². The number of rotatable bonds is 9. The van der Waals surface area contributed by atoms with E-state index in [0.717, 1.165) is 47.0 Å². The molecule has 0 amide bonds. The molecule has 38 heavy (non-hydrogen) atoms. The molecule has 5 rings (SSSR count). The molecule has 1 fully saturated rings. The van der Waals surface area contributed by atoms with Crippen LogP contribution in [0.25, 0.3) is 10.8 Å². The molecule has 0 radical (unpaired) electrons. The Morgan fingerprint density at radius 1 is 1.11 bits per heavy atom. The molecule has 3 N–H and O–H groups in total. The second kappa shape index (κ2) is 10.2. The number of aromatic nitrogens is 2. The maximum atomic E-state index is 12.4. The van der Waals surface area contributed by atoms with Gasteiger partial charge in [-0.3, -0.25) is 14.6 Å². The fourth-order valence-electron chi connectivity index (χ4n) is 5.29. The molecule has 0 aliphatic carbocycles. The summed E-state index contributed by atoms with van der Waals surface area (Å²) in [6.07, 6.45) is 6.33. The Morgan fingerprint density at radius 3 is 2.47 bits per heavy atom. The summed E-state index contributed by atoms with van der Waals surface area (Å²) < 4.78 is 0. The van der Waals surface area contributed by atoms with Crippen molar-refractivity contribution >= 4 is 39.6 Å². The van der Waals surface area contributed by atoms with Crippen molar-refractivity contribution in [2.75, 3.05) is 15.5 Å². The number of benzene rings is 1. The molecule has 9 nitrogen and oxygen atoms in total. The minimum absolute atomic E-state index is 0.114. The lowest BCUT2D eigenvalue weighted by Crippen LogP contribution is -2.48. The Kier molecular flexibility index (Phi) is 6.84. The van der Waals surface area contributed by atoms with Gasteiger partial charge in [0.2, 0.25) is 0 Å². The SMILES string of the molecule is CCc1cc2ccncc2c(Nc2ccc(C[C@H](Nc3c(N4[C@H](C)CC[C@@H]4C)c(=O)c3=O)C(=O)O)cc2)n1. The highest BCUT2D eigenvalue weighted by molar-refractivity contribution is 5.93. The lowest BCUT2D eigenvalue weighted by molar-refractivity contribution is -0.137. The summed E-state index contributed by atoms with van der Waals surface area (Å²) in [6, 6.07) is 10.6. The van der Waals surface area contributed by atoms with Crippen molar-refractivity contribution in [2.45, 2.75) is 64.6 Å². The number of hydrogen-bond acceptors (Lipinski definition) is 8. The topological polar surface area (TPSA) is 125 Å². The van der Waals surface area contributed by atoms with Crippen LogP contribution in [0.1, 0.15) is 44.9 Å². The first-order valence-electron chi connectivity index (χ1n) is 13.0. The predicted octanol–water partition coefficient (Wildman–Crippen LogP) is 4.02. The summed E-state index contributed by atoms with van der Waals surface area (Å²) in [5.41, 5.74) is 1.79. The monoisotopic (exact) mass is 513 g/mol. The van der Waals surface area contributed by atoms with Gasteiger partial charge in [-0.25, -0.2) is 9.78 Å². The van der Waals surface area contributed by atoms with Gasteiger partial charge in [0.25, 0.3) is 10.9 Å². The number of anilines is 4. The molecule has 2 aromatic carbocycles. The van der Waals surface area contributed by atoms with Crippen LogP contribution in [0.4, 0.5) is 22.9 Å². The number of carbonyl (C=O) groups is 1. The number of pyridine rings is 2. The summed E-state index contributed by atoms with van der Waals surface area (Å²) >= 11 is 0. The van der Waals surface area contributed by atoms with Crippen LogP contribution in [0.5, 0.6) is 0 Å². The van der Waals surface area contributed by atoms with Crippen molar-refractivity contribution in [2.24, 2.45) is 0 Å². The smallest absolute Gasteiger partial charge is 0.326 e. The molecule has 1 aliphatic heterocycles. The third-order valence-electron chi connectivity index (χ3n) is 7.42. The third-order valence-corrected chi connectivity index (χ3v) is 7.42. The Bertz CT molecular complexity index is 1550. The van der Waals surface area contributed by atoms with Gasteiger partial charge in [0, 0.05) is 47.7 Å². The summed E-state index contributed by atoms with van der Waals surface area (Å²) in [7, 11) is 0. The van der Waals surface area contributed by atoms with Crippen molar-refractivity contribution in [3.8, 4) is 0 Å². The molecule has 2 aromatic heterocycles. The van der Waals surface area contributed by atoms with Crippen molar-refractivity contribution < 1.29 is 9.90 Å². The number of nitrogens with one attached hydrogen (secondary N) is 2. The van der Waals surface area contributed by atoms with E-state index < -0.39 is 22.9 Å². The zero-order valence-electron chi connectivity index (χ0n) is 21.7. The number of aryl methyl sites for hydroxylation is 1. The van der Waals surface area contributed by atoms with Crippen molar-refractivity contribution in [1.29, 1.82) is 0 Å². The number of carboxylic acid groups (broad SMARTS) is 1. The first kappa shape index (κ1) is 25.4. The molecule has 4 aromatic rings. The van der Waals surface area contributed by atoms with Crippen LogP contribution < -0.4 is 26.4 Å². The van der Waals surface area contributed by atoms with Crippen LogP contribution in [0.2, 0.25) is 0 Å². The second-order valence-electron chi connectivity index (χ2n) is 10.0. The van der Waals surface area contributed by atoms with Gasteiger partial charge in [0.1, 0.15) is 23.2 Å². The zero-order valence-corrected chi connectivity index (χ0v) is 21.7. The molecule has 9 heteroatoms. The van der Waals surface area contributed by atoms with E-state index in [1.165, 1.54) is 0 Å². The second-order valence-corrected chi connectivity index (χ2v) is 10.0. The van der Waals surface area contributed by atoms with Crippen molar-refractivity contribution in [3.63, 3.8) is 0 Å². The minimum Gasteiger partial charge on any atom is -0.480 e. The number of carboxylic acids is 1. The molecule has 196 valence electrons. The largest absolute Gasteiger partial charge is 0.480 e. The summed E-state index contributed by atoms with van der Waals surface area (Å²) in [4.78, 5) is 47.8. The highest BCUT2D eigenvalue weighted by atomic mass is 16.4. The van der Waals surface area contributed by atoms with E-state index in [1.54, 1.807) is 12.4 Å². The number of hydrogen-bond donors (Lipinski definition) is 3. The molecule has 0 saturated carbocycles. The molecule has 1 aliphatic rings. The zero-order chi connectivity index (χ0) is 27.0. The van der Waals surface area contributed by atoms with E-state index in [-0.39, 0.29) is 24.2 Å². The summed E-state index contributed by atoms with van der Waals surface area (Å²) in [5.74, 6) is -0.378. The van der Waals surface area contributed by atoms with Crippen LogP contribution in [0.3, 0.4) is 0 Å². The molecular formula is C29H31N5O4. The molecule has 0 spiro atoms. The maximum Gasteiger partial charge on any atom is 0.326 e. The highest BCUT2D eigenvalue weighted by Crippen LogP contribution is 2.33. The lowest BCUT2D eigenvalue weighted by Gasteiger charge is -2.32. The van der Waals surface area contributed by atoms with Crippen LogP contribution in [-0.2, 0) is 17.6 Å². The molecule has 1 saturated heterocycles. The van der Waals surface area contributed by atoms with Crippen LogP contribution in [0, 0.1) is 0 Å². The minimum atomic E-state index is -1.09. The van der Waals surface area contributed by atoms with E-state index in [0.29, 0.717) is 11.5 Å².